The smallest absolute Gasteiger partial charge is 0.294 e. The van der Waals surface area contributed by atoms with E-state index in [2.05, 4.69) is 0 Å². The van der Waals surface area contributed by atoms with Gasteiger partial charge in [0.2, 0.25) is 5.91 Å². The molecule has 1 aromatic carbocycles. The number of hydrogen-bond acceptors (Lipinski definition) is 7. The zero-order valence-corrected chi connectivity index (χ0v) is 17.7. The van der Waals surface area contributed by atoms with E-state index in [0.29, 0.717) is 38.1 Å². The lowest BCUT2D eigenvalue weighted by atomic mass is 10.1. The van der Waals surface area contributed by atoms with E-state index in [1.807, 2.05) is 0 Å². The number of carbonyl (C=O) groups excluding carboxylic acids is 3. The molecule has 0 atom stereocenters. The van der Waals surface area contributed by atoms with Crippen molar-refractivity contribution in [2.24, 2.45) is 0 Å². The normalized spacial score (nSPS) is 18.7. The Kier molecular flexibility index (Phi) is 5.88. The molecule has 11 heteroatoms. The van der Waals surface area contributed by atoms with Crippen LogP contribution in [0, 0.1) is 0 Å². The number of halogens is 2. The van der Waals surface area contributed by atoms with Crippen LogP contribution >= 0.6 is 35.0 Å². The van der Waals surface area contributed by atoms with E-state index in [0.717, 1.165) is 11.2 Å². The van der Waals surface area contributed by atoms with Crippen LogP contribution in [0.25, 0.3) is 17.0 Å². The fourth-order valence-corrected chi connectivity index (χ4v) is 4.47. The zero-order chi connectivity index (χ0) is 21.4. The van der Waals surface area contributed by atoms with E-state index in [9.17, 15) is 19.2 Å². The largest absolute Gasteiger partial charge is 0.462 e. The van der Waals surface area contributed by atoms with Crippen molar-refractivity contribution in [3.05, 3.63) is 49.1 Å². The van der Waals surface area contributed by atoms with Crippen molar-refractivity contribution in [2.45, 2.75) is 0 Å². The predicted octanol–water partition coefficient (Wildman–Crippen LogP) is 2.99. The van der Waals surface area contributed by atoms with Gasteiger partial charge in [-0.15, -0.1) is 0 Å². The van der Waals surface area contributed by atoms with Gasteiger partial charge in [-0.1, -0.05) is 23.2 Å². The fraction of sp³-hybridized carbons (Fsp3) is 0.263. The highest BCUT2D eigenvalue weighted by atomic mass is 35.5. The average Bonchev–Trinajstić information content (AvgIpc) is 2.98. The number of thioether (sulfide) groups is 1. The van der Waals surface area contributed by atoms with E-state index in [-0.39, 0.29) is 43.9 Å². The summed E-state index contributed by atoms with van der Waals surface area (Å²) in [4.78, 5) is 52.5. The molecule has 8 nitrogen and oxygen atoms in total. The molecule has 0 N–H and O–H groups in total. The lowest BCUT2D eigenvalue weighted by Gasteiger charge is -2.27. The first kappa shape index (κ1) is 20.9. The van der Waals surface area contributed by atoms with Gasteiger partial charge in [-0.3, -0.25) is 24.1 Å². The molecule has 0 radical (unpaired) electrons. The van der Waals surface area contributed by atoms with Crippen LogP contribution in [0.15, 0.2) is 32.5 Å². The van der Waals surface area contributed by atoms with Gasteiger partial charge < -0.3 is 14.1 Å². The molecule has 2 aliphatic heterocycles. The number of carbonyl (C=O) groups is 3. The van der Waals surface area contributed by atoms with Crippen molar-refractivity contribution >= 4 is 69.1 Å². The standard InChI is InChI=1S/C19H14Cl2N2O6S/c20-11-6-12-16(25)10(9-29-17(12)13(21)7-11)5-14-18(26)23(19(27)30-14)8-15(24)22-1-3-28-4-2-22/h5-7,9H,1-4,8H2/b14-5-. The maximum absolute atomic E-state index is 12.8. The first-order valence-corrected chi connectivity index (χ1v) is 10.4. The van der Waals surface area contributed by atoms with Gasteiger partial charge in [-0.2, -0.15) is 0 Å². The highest BCUT2D eigenvalue weighted by Crippen LogP contribution is 2.32. The molecule has 2 saturated heterocycles. The summed E-state index contributed by atoms with van der Waals surface area (Å²) >= 11 is 12.7. The van der Waals surface area contributed by atoms with Gasteiger partial charge in [0.25, 0.3) is 11.1 Å². The van der Waals surface area contributed by atoms with E-state index >= 15 is 0 Å². The second-order valence-electron chi connectivity index (χ2n) is 6.55. The molecule has 0 aliphatic carbocycles. The van der Waals surface area contributed by atoms with Crippen LogP contribution in [-0.4, -0.2) is 59.7 Å². The third kappa shape index (κ3) is 3.98. The number of imide groups is 1. The third-order valence-corrected chi connectivity index (χ3v) is 6.04. The minimum Gasteiger partial charge on any atom is -0.462 e. The molecule has 0 spiro atoms. The van der Waals surface area contributed by atoms with Crippen LogP contribution in [0.4, 0.5) is 4.79 Å². The Bertz CT molecular complexity index is 1160. The minimum absolute atomic E-state index is 0.0227. The van der Waals surface area contributed by atoms with Gasteiger partial charge in [0.05, 0.1) is 34.1 Å². The number of benzene rings is 1. The number of ether oxygens (including phenoxy) is 1. The Hall–Kier alpha value is -2.33. The SMILES string of the molecule is O=C(CN1C(=O)S/C(=C\c2coc3c(Cl)cc(Cl)cc3c2=O)C1=O)N1CCOCC1. The summed E-state index contributed by atoms with van der Waals surface area (Å²) in [6, 6.07) is 2.86. The van der Waals surface area contributed by atoms with E-state index in [4.69, 9.17) is 32.4 Å². The number of nitrogens with zero attached hydrogens (tertiary/aromatic N) is 2. The number of morpholine rings is 1. The molecule has 156 valence electrons. The maximum Gasteiger partial charge on any atom is 0.294 e. The third-order valence-electron chi connectivity index (χ3n) is 4.64. The Balaban J connectivity index is 1.60. The lowest BCUT2D eigenvalue weighted by molar-refractivity contribution is -0.139. The monoisotopic (exact) mass is 468 g/mol. The first-order valence-electron chi connectivity index (χ1n) is 8.86. The number of amides is 3. The number of rotatable bonds is 3. The van der Waals surface area contributed by atoms with Gasteiger partial charge in [-0.05, 0) is 30.0 Å². The summed E-state index contributed by atoms with van der Waals surface area (Å²) in [5, 5.41) is 0.0223. The zero-order valence-electron chi connectivity index (χ0n) is 15.4. The average molecular weight is 469 g/mol. The van der Waals surface area contributed by atoms with Crippen molar-refractivity contribution in [3.63, 3.8) is 0 Å². The minimum atomic E-state index is -0.643. The molecule has 4 rings (SSSR count). The summed E-state index contributed by atoms with van der Waals surface area (Å²) in [6.45, 7) is 1.29. The van der Waals surface area contributed by atoms with E-state index in [1.54, 1.807) is 4.90 Å². The van der Waals surface area contributed by atoms with Crippen molar-refractivity contribution in [1.82, 2.24) is 9.80 Å². The Labute approximate surface area is 184 Å². The molecule has 30 heavy (non-hydrogen) atoms. The fourth-order valence-electron chi connectivity index (χ4n) is 3.11. The Morgan fingerprint density at radius 2 is 1.90 bits per heavy atom. The van der Waals surface area contributed by atoms with Crippen molar-refractivity contribution in [1.29, 1.82) is 0 Å². The van der Waals surface area contributed by atoms with Crippen LogP contribution < -0.4 is 5.43 Å². The van der Waals surface area contributed by atoms with Crippen molar-refractivity contribution in [2.75, 3.05) is 32.8 Å². The van der Waals surface area contributed by atoms with E-state index in [1.165, 1.54) is 18.2 Å². The summed E-state index contributed by atoms with van der Waals surface area (Å²) in [5.74, 6) is -0.980. The highest BCUT2D eigenvalue weighted by molar-refractivity contribution is 8.18. The van der Waals surface area contributed by atoms with E-state index < -0.39 is 16.6 Å². The number of fused-ring (bicyclic) bond motifs is 1. The van der Waals surface area contributed by atoms with Crippen LogP contribution in [-0.2, 0) is 14.3 Å². The Morgan fingerprint density at radius 1 is 1.17 bits per heavy atom. The molecule has 0 bridgehead atoms. The first-order chi connectivity index (χ1) is 14.3. The Morgan fingerprint density at radius 3 is 2.63 bits per heavy atom. The van der Waals surface area contributed by atoms with Crippen LogP contribution in [0.5, 0.6) is 0 Å². The van der Waals surface area contributed by atoms with Crippen molar-refractivity contribution in [3.8, 4) is 0 Å². The van der Waals surface area contributed by atoms with Gasteiger partial charge >= 0.3 is 0 Å². The summed E-state index contributed by atoms with van der Waals surface area (Å²) in [6.07, 6.45) is 2.43. The van der Waals surface area contributed by atoms with Gasteiger partial charge in [0, 0.05) is 18.1 Å². The topological polar surface area (TPSA) is 97.1 Å². The molecular weight excluding hydrogens is 455 g/mol. The predicted molar refractivity (Wildman–Crippen MR) is 113 cm³/mol. The van der Waals surface area contributed by atoms with Crippen LogP contribution in [0.3, 0.4) is 0 Å². The van der Waals surface area contributed by atoms with Gasteiger partial charge in [0.1, 0.15) is 12.8 Å². The molecular formula is C19H14Cl2N2O6S. The quantitative estimate of drug-likeness (QED) is 0.638. The van der Waals surface area contributed by atoms with Gasteiger partial charge in [0.15, 0.2) is 11.0 Å². The maximum atomic E-state index is 12.8. The molecule has 2 aromatic rings. The second-order valence-corrected chi connectivity index (χ2v) is 8.38. The molecule has 2 aliphatic rings. The van der Waals surface area contributed by atoms with Crippen molar-refractivity contribution < 1.29 is 23.5 Å². The highest BCUT2D eigenvalue weighted by Gasteiger charge is 2.37. The molecule has 0 saturated carbocycles. The van der Waals surface area contributed by atoms with Gasteiger partial charge in [-0.25, -0.2) is 0 Å². The summed E-state index contributed by atoms with van der Waals surface area (Å²) in [5.41, 5.74) is -0.213. The molecule has 0 unspecified atom stereocenters. The van der Waals surface area contributed by atoms with Crippen LogP contribution in [0.2, 0.25) is 10.0 Å². The second kappa shape index (κ2) is 8.43. The molecule has 3 amide bonds. The summed E-state index contributed by atoms with van der Waals surface area (Å²) < 4.78 is 10.6. The molecule has 3 heterocycles. The lowest BCUT2D eigenvalue weighted by Crippen LogP contribution is -2.46. The molecule has 1 aromatic heterocycles. The van der Waals surface area contributed by atoms with Crippen LogP contribution in [0.1, 0.15) is 5.56 Å². The molecule has 2 fully saturated rings. The summed E-state index contributed by atoms with van der Waals surface area (Å²) in [7, 11) is 0. The number of hydrogen-bond donors (Lipinski definition) is 0.